The first-order valence-electron chi connectivity index (χ1n) is 8.77. The van der Waals surface area contributed by atoms with Gasteiger partial charge in [-0.2, -0.15) is 0 Å². The van der Waals surface area contributed by atoms with Gasteiger partial charge in [0.15, 0.2) is 28.8 Å². The van der Waals surface area contributed by atoms with Crippen LogP contribution in [0.5, 0.6) is 23.0 Å². The van der Waals surface area contributed by atoms with Crippen molar-refractivity contribution in [3.63, 3.8) is 0 Å². The van der Waals surface area contributed by atoms with E-state index in [2.05, 4.69) is 4.98 Å². The molecule has 0 spiro atoms. The number of hydrogen-bond donors (Lipinski definition) is 0. The molecule has 0 saturated carbocycles. The van der Waals surface area contributed by atoms with Gasteiger partial charge < -0.3 is 18.9 Å². The van der Waals surface area contributed by atoms with E-state index in [1.54, 1.807) is 25.3 Å². The zero-order valence-corrected chi connectivity index (χ0v) is 16.9. The molecule has 29 heavy (non-hydrogen) atoms. The highest BCUT2D eigenvalue weighted by Crippen LogP contribution is 2.35. The van der Waals surface area contributed by atoms with E-state index in [-0.39, 0.29) is 22.6 Å². The summed E-state index contributed by atoms with van der Waals surface area (Å²) in [6, 6.07) is 8.24. The topological polar surface area (TPSA) is 84.0 Å². The molecule has 0 N–H and O–H groups in total. The first-order valence-corrected chi connectivity index (χ1v) is 8.77. The van der Waals surface area contributed by atoms with Crippen LogP contribution in [0.25, 0.3) is 10.8 Å². The normalized spacial score (nSPS) is 10.5. The molecule has 1 heterocycles. The van der Waals surface area contributed by atoms with Gasteiger partial charge in [-0.05, 0) is 42.6 Å². The highest BCUT2D eigenvalue weighted by atomic mass is 16.5. The molecule has 0 saturated heterocycles. The van der Waals surface area contributed by atoms with Crippen molar-refractivity contribution in [1.29, 1.82) is 0 Å². The predicted molar refractivity (Wildman–Crippen MR) is 108 cm³/mol. The Kier molecular flexibility index (Phi) is 5.68. The van der Waals surface area contributed by atoms with Gasteiger partial charge in [0.1, 0.15) is 5.69 Å². The number of fused-ring (bicyclic) bond motifs is 1. The van der Waals surface area contributed by atoms with E-state index in [1.165, 1.54) is 46.6 Å². The van der Waals surface area contributed by atoms with E-state index in [9.17, 15) is 9.59 Å². The molecule has 0 radical (unpaired) electrons. The van der Waals surface area contributed by atoms with Crippen LogP contribution in [0.1, 0.15) is 33.3 Å². The van der Waals surface area contributed by atoms with E-state index < -0.39 is 5.78 Å². The van der Waals surface area contributed by atoms with Crippen molar-refractivity contribution < 1.29 is 28.5 Å². The van der Waals surface area contributed by atoms with Gasteiger partial charge in [0.2, 0.25) is 5.78 Å². The Bertz CT molecular complexity index is 1110. The number of carbonyl (C=O) groups excluding carboxylic acids is 2. The van der Waals surface area contributed by atoms with Crippen LogP contribution in [0.2, 0.25) is 0 Å². The SMILES string of the molecule is COc1cc(C(C)=O)c(C(=O)c2nccc3cc(OC)c(OC)cc23)cc1OC. The number of carbonyl (C=O) groups is 2. The van der Waals surface area contributed by atoms with Gasteiger partial charge in [-0.1, -0.05) is 0 Å². The second-order valence-corrected chi connectivity index (χ2v) is 6.23. The smallest absolute Gasteiger partial charge is 0.212 e. The number of ether oxygens (including phenoxy) is 4. The van der Waals surface area contributed by atoms with Gasteiger partial charge in [0.05, 0.1) is 28.4 Å². The van der Waals surface area contributed by atoms with E-state index in [4.69, 9.17) is 18.9 Å². The van der Waals surface area contributed by atoms with Crippen LogP contribution < -0.4 is 18.9 Å². The predicted octanol–water partition coefficient (Wildman–Crippen LogP) is 3.70. The van der Waals surface area contributed by atoms with Crippen molar-refractivity contribution in [1.82, 2.24) is 4.98 Å². The van der Waals surface area contributed by atoms with Gasteiger partial charge >= 0.3 is 0 Å². The fourth-order valence-corrected chi connectivity index (χ4v) is 3.17. The van der Waals surface area contributed by atoms with Crippen molar-refractivity contribution in [2.45, 2.75) is 6.92 Å². The van der Waals surface area contributed by atoms with Crippen LogP contribution in [0.4, 0.5) is 0 Å². The number of ketones is 2. The summed E-state index contributed by atoms with van der Waals surface area (Å²) in [6.45, 7) is 1.39. The van der Waals surface area contributed by atoms with E-state index in [0.717, 1.165) is 5.39 Å². The Morgan fingerprint density at radius 1 is 0.759 bits per heavy atom. The van der Waals surface area contributed by atoms with Gasteiger partial charge in [-0.3, -0.25) is 14.6 Å². The molecule has 150 valence electrons. The summed E-state index contributed by atoms with van der Waals surface area (Å²) in [5, 5.41) is 1.34. The summed E-state index contributed by atoms with van der Waals surface area (Å²) in [7, 11) is 5.99. The van der Waals surface area contributed by atoms with Crippen molar-refractivity contribution in [3.8, 4) is 23.0 Å². The minimum Gasteiger partial charge on any atom is -0.493 e. The van der Waals surface area contributed by atoms with Crippen molar-refractivity contribution >= 4 is 22.3 Å². The lowest BCUT2D eigenvalue weighted by Crippen LogP contribution is -2.11. The molecule has 2 aromatic carbocycles. The number of pyridine rings is 1. The van der Waals surface area contributed by atoms with Crippen molar-refractivity contribution in [3.05, 3.63) is 53.3 Å². The quantitative estimate of drug-likeness (QED) is 0.564. The average molecular weight is 395 g/mol. The Labute approximate surface area is 168 Å². The first-order chi connectivity index (χ1) is 13.9. The summed E-state index contributed by atoms with van der Waals surface area (Å²) >= 11 is 0. The molecule has 7 heteroatoms. The molecular weight excluding hydrogens is 374 g/mol. The van der Waals surface area contributed by atoms with Crippen LogP contribution in [0.3, 0.4) is 0 Å². The number of hydrogen-bond acceptors (Lipinski definition) is 7. The highest BCUT2D eigenvalue weighted by Gasteiger charge is 2.23. The minimum atomic E-state index is -0.408. The zero-order valence-electron chi connectivity index (χ0n) is 16.9. The molecule has 0 amide bonds. The van der Waals surface area contributed by atoms with Crippen LogP contribution in [-0.2, 0) is 0 Å². The fourth-order valence-electron chi connectivity index (χ4n) is 3.17. The largest absolute Gasteiger partial charge is 0.493 e. The second kappa shape index (κ2) is 8.18. The number of methoxy groups -OCH3 is 4. The monoisotopic (exact) mass is 395 g/mol. The van der Waals surface area contributed by atoms with Crippen molar-refractivity contribution in [2.75, 3.05) is 28.4 Å². The van der Waals surface area contributed by atoms with E-state index >= 15 is 0 Å². The molecule has 7 nitrogen and oxygen atoms in total. The number of nitrogens with zero attached hydrogens (tertiary/aromatic N) is 1. The Hall–Kier alpha value is -3.61. The van der Waals surface area contributed by atoms with Crippen LogP contribution in [0, 0.1) is 0 Å². The number of benzene rings is 2. The first kappa shape index (κ1) is 20.1. The third-order valence-corrected chi connectivity index (χ3v) is 4.63. The summed E-state index contributed by atoms with van der Waals surface area (Å²) in [6.07, 6.45) is 1.54. The average Bonchev–Trinajstić information content (AvgIpc) is 2.75. The highest BCUT2D eigenvalue weighted by molar-refractivity contribution is 6.19. The summed E-state index contributed by atoms with van der Waals surface area (Å²) in [4.78, 5) is 29.9. The molecular formula is C22H21NO6. The fraction of sp³-hybridized carbons (Fsp3) is 0.227. The summed E-state index contributed by atoms with van der Waals surface area (Å²) in [5.41, 5.74) is 0.607. The molecule has 0 bridgehead atoms. The lowest BCUT2D eigenvalue weighted by Gasteiger charge is -2.14. The molecule has 0 atom stereocenters. The van der Waals surface area contributed by atoms with Gasteiger partial charge in [0, 0.05) is 22.7 Å². The van der Waals surface area contributed by atoms with Gasteiger partial charge in [0.25, 0.3) is 0 Å². The summed E-state index contributed by atoms with van der Waals surface area (Å²) < 4.78 is 21.3. The Morgan fingerprint density at radius 3 is 1.83 bits per heavy atom. The lowest BCUT2D eigenvalue weighted by molar-refractivity contribution is 0.0988. The maximum atomic E-state index is 13.4. The molecule has 3 aromatic rings. The molecule has 1 aromatic heterocycles. The van der Waals surface area contributed by atoms with Gasteiger partial charge in [-0.25, -0.2) is 0 Å². The maximum absolute atomic E-state index is 13.4. The summed E-state index contributed by atoms with van der Waals surface area (Å²) in [5.74, 6) is 1.05. The molecule has 0 aliphatic rings. The van der Waals surface area contributed by atoms with E-state index in [0.29, 0.717) is 28.4 Å². The molecule has 0 aliphatic heterocycles. The molecule has 0 unspecified atom stereocenters. The third kappa shape index (κ3) is 3.59. The molecule has 0 aliphatic carbocycles. The standard InChI is InChI=1S/C22H21NO6/c1-12(24)14-9-18(27-3)20(29-5)11-16(14)22(25)21-15-10-19(28-4)17(26-2)8-13(15)6-7-23-21/h6-11H,1-5H3. The molecule has 3 rings (SSSR count). The Morgan fingerprint density at radius 2 is 1.28 bits per heavy atom. The second-order valence-electron chi connectivity index (χ2n) is 6.23. The van der Waals surface area contributed by atoms with Crippen LogP contribution in [0.15, 0.2) is 36.5 Å². The van der Waals surface area contributed by atoms with Crippen LogP contribution in [-0.4, -0.2) is 45.0 Å². The zero-order chi connectivity index (χ0) is 21.1. The Balaban J connectivity index is 2.26. The number of aromatic nitrogens is 1. The third-order valence-electron chi connectivity index (χ3n) is 4.63. The molecule has 0 fully saturated rings. The number of rotatable bonds is 7. The number of Topliss-reactive ketones (excluding diaryl/α,β-unsaturated/α-hetero) is 1. The maximum Gasteiger partial charge on any atom is 0.212 e. The van der Waals surface area contributed by atoms with Gasteiger partial charge in [-0.15, -0.1) is 0 Å². The van der Waals surface area contributed by atoms with Crippen LogP contribution >= 0.6 is 0 Å². The minimum absolute atomic E-state index is 0.185. The van der Waals surface area contributed by atoms with E-state index in [1.807, 2.05) is 0 Å². The lowest BCUT2D eigenvalue weighted by atomic mass is 9.95. The van der Waals surface area contributed by atoms with Crippen molar-refractivity contribution in [2.24, 2.45) is 0 Å².